The van der Waals surface area contributed by atoms with Crippen LogP contribution < -0.4 is 5.56 Å². The van der Waals surface area contributed by atoms with Crippen LogP contribution in [0.1, 0.15) is 55.4 Å². The minimum absolute atomic E-state index is 0.111. The molecule has 0 saturated heterocycles. The van der Waals surface area contributed by atoms with Gasteiger partial charge in [0.1, 0.15) is 23.3 Å². The van der Waals surface area contributed by atoms with Gasteiger partial charge in [-0.25, -0.2) is 9.78 Å². The Balaban J connectivity index is 1.97. The van der Waals surface area contributed by atoms with Crippen LogP contribution in [0.5, 0.6) is 0 Å². The third kappa shape index (κ3) is 3.55. The number of hydrogen-bond acceptors (Lipinski definition) is 6. The monoisotopic (exact) mass is 378 g/mol. The fourth-order valence-electron chi connectivity index (χ4n) is 3.58. The predicted octanol–water partition coefficient (Wildman–Crippen LogP) is 3.18. The Kier molecular flexibility index (Phi) is 6.09. The molecule has 2 aromatic rings. The number of ether oxygens (including phenoxy) is 2. The zero-order valence-electron chi connectivity index (χ0n) is 15.7. The summed E-state index contributed by atoms with van der Waals surface area (Å²) >= 11 is 1.63. The molecule has 0 amide bonds. The van der Waals surface area contributed by atoms with Gasteiger partial charge in [0, 0.05) is 11.5 Å². The highest BCUT2D eigenvalue weighted by Gasteiger charge is 2.27. The first kappa shape index (κ1) is 19.0. The van der Waals surface area contributed by atoms with Crippen molar-refractivity contribution in [1.29, 1.82) is 0 Å². The molecule has 2 heterocycles. The normalized spacial score (nSPS) is 15.0. The third-order valence-corrected chi connectivity index (χ3v) is 6.03. The molecule has 1 atom stereocenters. The molecular formula is C19H26N2O4S. The molecule has 1 aliphatic rings. The summed E-state index contributed by atoms with van der Waals surface area (Å²) < 4.78 is 12.0. The summed E-state index contributed by atoms with van der Waals surface area (Å²) in [4.78, 5) is 32.5. The SMILES string of the molecule is CCOCCOC(=O)C(CC)n1c(C)nc2sc3c(c2c1=O)CCCC3. The van der Waals surface area contributed by atoms with Gasteiger partial charge in [0.05, 0.1) is 12.0 Å². The van der Waals surface area contributed by atoms with E-state index >= 15 is 0 Å². The molecule has 1 unspecified atom stereocenters. The van der Waals surface area contributed by atoms with E-state index in [0.717, 1.165) is 36.1 Å². The Hall–Kier alpha value is -1.73. The first-order chi connectivity index (χ1) is 12.6. The first-order valence-corrected chi connectivity index (χ1v) is 10.2. The Morgan fingerprint density at radius 3 is 2.77 bits per heavy atom. The van der Waals surface area contributed by atoms with E-state index in [4.69, 9.17) is 9.47 Å². The maximum Gasteiger partial charge on any atom is 0.329 e. The number of carbonyl (C=O) groups excluding carboxylic acids is 1. The van der Waals surface area contributed by atoms with Crippen LogP contribution in [0.15, 0.2) is 4.79 Å². The molecule has 3 rings (SSSR count). The molecule has 0 aromatic carbocycles. The summed E-state index contributed by atoms with van der Waals surface area (Å²) in [5.41, 5.74) is 1.03. The number of aromatic nitrogens is 2. The van der Waals surface area contributed by atoms with E-state index in [0.29, 0.717) is 30.8 Å². The summed E-state index contributed by atoms with van der Waals surface area (Å²) in [7, 11) is 0. The summed E-state index contributed by atoms with van der Waals surface area (Å²) in [5.74, 6) is 0.164. The second-order valence-corrected chi connectivity index (χ2v) is 7.60. The summed E-state index contributed by atoms with van der Waals surface area (Å²) in [6.45, 7) is 6.70. The highest BCUT2D eigenvalue weighted by atomic mass is 32.1. The Bertz CT molecular complexity index is 855. The van der Waals surface area contributed by atoms with Gasteiger partial charge in [-0.2, -0.15) is 0 Å². The number of esters is 1. The van der Waals surface area contributed by atoms with Crippen molar-refractivity contribution in [3.05, 3.63) is 26.6 Å². The van der Waals surface area contributed by atoms with Gasteiger partial charge < -0.3 is 9.47 Å². The average molecular weight is 378 g/mol. The van der Waals surface area contributed by atoms with Crippen LogP contribution in [0.25, 0.3) is 10.2 Å². The van der Waals surface area contributed by atoms with E-state index in [9.17, 15) is 9.59 Å². The molecule has 0 bridgehead atoms. The lowest BCUT2D eigenvalue weighted by molar-refractivity contribution is -0.149. The van der Waals surface area contributed by atoms with Crippen LogP contribution in [0, 0.1) is 6.92 Å². The highest BCUT2D eigenvalue weighted by Crippen LogP contribution is 2.34. The van der Waals surface area contributed by atoms with Crippen LogP contribution in [0.3, 0.4) is 0 Å². The van der Waals surface area contributed by atoms with Crippen molar-refractivity contribution in [3.63, 3.8) is 0 Å². The Labute approximate surface area is 157 Å². The molecule has 0 spiro atoms. The minimum Gasteiger partial charge on any atom is -0.462 e. The molecule has 0 N–H and O–H groups in total. The van der Waals surface area contributed by atoms with Crippen molar-refractivity contribution in [2.75, 3.05) is 19.8 Å². The molecule has 26 heavy (non-hydrogen) atoms. The minimum atomic E-state index is -0.653. The first-order valence-electron chi connectivity index (χ1n) is 9.36. The van der Waals surface area contributed by atoms with Gasteiger partial charge in [0.15, 0.2) is 0 Å². The van der Waals surface area contributed by atoms with Crippen molar-refractivity contribution in [2.45, 2.75) is 58.9 Å². The van der Waals surface area contributed by atoms with Crippen LogP contribution in [-0.4, -0.2) is 35.3 Å². The lowest BCUT2D eigenvalue weighted by Crippen LogP contribution is -2.33. The molecule has 142 valence electrons. The molecule has 0 saturated carbocycles. The Morgan fingerprint density at radius 2 is 2.04 bits per heavy atom. The van der Waals surface area contributed by atoms with Crippen molar-refractivity contribution >= 4 is 27.5 Å². The standard InChI is InChI=1S/C19H26N2O4S/c1-4-14(19(23)25-11-10-24-5-2)21-12(3)20-17-16(18(21)22)13-8-6-7-9-15(13)26-17/h14H,4-11H2,1-3H3. The quantitative estimate of drug-likeness (QED) is 0.547. The summed E-state index contributed by atoms with van der Waals surface area (Å²) in [6.07, 6.45) is 4.68. The average Bonchev–Trinajstić information content (AvgIpc) is 3.00. The van der Waals surface area contributed by atoms with Crippen LogP contribution in [0.4, 0.5) is 0 Å². The van der Waals surface area contributed by atoms with Crippen LogP contribution in [-0.2, 0) is 27.1 Å². The van der Waals surface area contributed by atoms with Gasteiger partial charge in [-0.05, 0) is 51.5 Å². The van der Waals surface area contributed by atoms with E-state index in [-0.39, 0.29) is 12.2 Å². The summed E-state index contributed by atoms with van der Waals surface area (Å²) in [5, 5.41) is 0.705. The van der Waals surface area contributed by atoms with Crippen LogP contribution >= 0.6 is 11.3 Å². The molecule has 2 aromatic heterocycles. The van der Waals surface area contributed by atoms with Gasteiger partial charge in [-0.15, -0.1) is 11.3 Å². The van der Waals surface area contributed by atoms with E-state index in [1.54, 1.807) is 18.3 Å². The predicted molar refractivity (Wildman–Crippen MR) is 102 cm³/mol. The molecule has 1 aliphatic carbocycles. The molecular weight excluding hydrogens is 352 g/mol. The lowest BCUT2D eigenvalue weighted by Gasteiger charge is -2.19. The highest BCUT2D eigenvalue weighted by molar-refractivity contribution is 7.18. The van der Waals surface area contributed by atoms with Gasteiger partial charge in [0.2, 0.25) is 0 Å². The largest absolute Gasteiger partial charge is 0.462 e. The number of fused-ring (bicyclic) bond motifs is 3. The number of rotatable bonds is 7. The number of aryl methyl sites for hydroxylation is 3. The van der Waals surface area contributed by atoms with E-state index in [2.05, 4.69) is 4.98 Å². The molecule has 0 aliphatic heterocycles. The van der Waals surface area contributed by atoms with Gasteiger partial charge in [-0.3, -0.25) is 9.36 Å². The van der Waals surface area contributed by atoms with E-state index in [1.807, 2.05) is 13.8 Å². The Morgan fingerprint density at radius 1 is 1.27 bits per heavy atom. The fourth-order valence-corrected chi connectivity index (χ4v) is 4.88. The van der Waals surface area contributed by atoms with Crippen molar-refractivity contribution in [1.82, 2.24) is 9.55 Å². The zero-order valence-corrected chi connectivity index (χ0v) is 16.5. The molecule has 0 radical (unpaired) electrons. The molecule has 7 heteroatoms. The van der Waals surface area contributed by atoms with Gasteiger partial charge >= 0.3 is 5.97 Å². The smallest absolute Gasteiger partial charge is 0.329 e. The second-order valence-electron chi connectivity index (χ2n) is 6.51. The lowest BCUT2D eigenvalue weighted by atomic mass is 9.97. The topological polar surface area (TPSA) is 70.4 Å². The zero-order chi connectivity index (χ0) is 18.7. The van der Waals surface area contributed by atoms with Crippen molar-refractivity contribution < 1.29 is 14.3 Å². The number of hydrogen-bond donors (Lipinski definition) is 0. The third-order valence-electron chi connectivity index (χ3n) is 4.84. The maximum atomic E-state index is 13.3. The molecule has 6 nitrogen and oxygen atoms in total. The number of nitrogens with zero attached hydrogens (tertiary/aromatic N) is 2. The van der Waals surface area contributed by atoms with Crippen molar-refractivity contribution in [3.8, 4) is 0 Å². The number of carbonyl (C=O) groups is 1. The molecule has 0 fully saturated rings. The van der Waals surface area contributed by atoms with Crippen LogP contribution in [0.2, 0.25) is 0 Å². The maximum absolute atomic E-state index is 13.3. The van der Waals surface area contributed by atoms with Gasteiger partial charge in [0.25, 0.3) is 5.56 Å². The van der Waals surface area contributed by atoms with E-state index < -0.39 is 12.0 Å². The van der Waals surface area contributed by atoms with Crippen molar-refractivity contribution in [2.24, 2.45) is 0 Å². The van der Waals surface area contributed by atoms with E-state index in [1.165, 1.54) is 9.44 Å². The van der Waals surface area contributed by atoms with Gasteiger partial charge in [-0.1, -0.05) is 6.92 Å². The summed E-state index contributed by atoms with van der Waals surface area (Å²) in [6, 6.07) is -0.653. The number of thiophene rings is 1. The second kappa shape index (κ2) is 8.31. The fraction of sp³-hybridized carbons (Fsp3) is 0.632.